The SMILES string of the molecule is CC(=O)NC1C(=O)O[C@H]2C=C(C(F)(F)F)SC[C@@H]12. The van der Waals surface area contributed by atoms with Crippen molar-refractivity contribution in [3.05, 3.63) is 11.0 Å². The van der Waals surface area contributed by atoms with Gasteiger partial charge in [-0.15, -0.1) is 11.8 Å². The Labute approximate surface area is 105 Å². The lowest BCUT2D eigenvalue weighted by Gasteiger charge is -2.25. The number of alkyl halides is 3. The summed E-state index contributed by atoms with van der Waals surface area (Å²) in [6, 6.07) is -0.856. The van der Waals surface area contributed by atoms with E-state index in [1.54, 1.807) is 0 Å². The normalized spacial score (nSPS) is 31.4. The maximum Gasteiger partial charge on any atom is 0.422 e. The molecule has 1 saturated heterocycles. The van der Waals surface area contributed by atoms with Crippen LogP contribution in [0.1, 0.15) is 6.92 Å². The second kappa shape index (κ2) is 4.49. The minimum atomic E-state index is -4.42. The van der Waals surface area contributed by atoms with Gasteiger partial charge in [0.15, 0.2) is 0 Å². The first kappa shape index (κ1) is 13.3. The second-order valence-electron chi connectivity index (χ2n) is 4.08. The molecule has 4 nitrogen and oxygen atoms in total. The highest BCUT2D eigenvalue weighted by Gasteiger charge is 2.49. The molecule has 0 aromatic heterocycles. The van der Waals surface area contributed by atoms with Crippen LogP contribution in [0.15, 0.2) is 11.0 Å². The fourth-order valence-electron chi connectivity index (χ4n) is 1.95. The lowest BCUT2D eigenvalue weighted by molar-refractivity contribution is -0.143. The fourth-order valence-corrected chi connectivity index (χ4v) is 3.10. The molecule has 2 aliphatic heterocycles. The number of ether oxygens (including phenoxy) is 1. The van der Waals surface area contributed by atoms with E-state index in [0.29, 0.717) is 11.8 Å². The van der Waals surface area contributed by atoms with Gasteiger partial charge in [-0.05, 0) is 6.08 Å². The molecule has 18 heavy (non-hydrogen) atoms. The van der Waals surface area contributed by atoms with E-state index in [1.165, 1.54) is 6.92 Å². The third-order valence-corrected chi connectivity index (χ3v) is 3.97. The van der Waals surface area contributed by atoms with Crippen molar-refractivity contribution in [3.8, 4) is 0 Å². The Morgan fingerprint density at radius 2 is 2.22 bits per heavy atom. The van der Waals surface area contributed by atoms with Crippen molar-refractivity contribution in [1.82, 2.24) is 5.32 Å². The average molecular weight is 281 g/mol. The van der Waals surface area contributed by atoms with Crippen LogP contribution < -0.4 is 5.32 Å². The number of hydrogen-bond acceptors (Lipinski definition) is 4. The predicted octanol–water partition coefficient (Wildman–Crippen LogP) is 1.23. The van der Waals surface area contributed by atoms with Gasteiger partial charge in [0.2, 0.25) is 5.91 Å². The van der Waals surface area contributed by atoms with Crippen molar-refractivity contribution in [2.24, 2.45) is 5.92 Å². The molecule has 1 N–H and O–H groups in total. The molecule has 0 aliphatic carbocycles. The summed E-state index contributed by atoms with van der Waals surface area (Å²) in [6.45, 7) is 1.24. The molecule has 1 unspecified atom stereocenters. The van der Waals surface area contributed by atoms with Gasteiger partial charge in [-0.1, -0.05) is 0 Å². The van der Waals surface area contributed by atoms with E-state index in [2.05, 4.69) is 5.32 Å². The molecule has 0 aromatic rings. The molecule has 0 aromatic carbocycles. The number of amides is 1. The highest BCUT2D eigenvalue weighted by molar-refractivity contribution is 8.03. The van der Waals surface area contributed by atoms with E-state index in [-0.39, 0.29) is 5.75 Å². The summed E-state index contributed by atoms with van der Waals surface area (Å²) < 4.78 is 42.4. The number of fused-ring (bicyclic) bond motifs is 1. The van der Waals surface area contributed by atoms with Crippen molar-refractivity contribution in [3.63, 3.8) is 0 Å². The van der Waals surface area contributed by atoms with Crippen LogP contribution >= 0.6 is 11.8 Å². The Hall–Kier alpha value is -1.18. The van der Waals surface area contributed by atoms with Gasteiger partial charge in [-0.2, -0.15) is 13.2 Å². The molecule has 0 bridgehead atoms. The predicted molar refractivity (Wildman–Crippen MR) is 57.6 cm³/mol. The second-order valence-corrected chi connectivity index (χ2v) is 5.15. The first-order valence-electron chi connectivity index (χ1n) is 5.18. The van der Waals surface area contributed by atoms with Crippen molar-refractivity contribution in [2.45, 2.75) is 25.2 Å². The minimum absolute atomic E-state index is 0.0900. The molecule has 1 amide bonds. The highest BCUT2D eigenvalue weighted by atomic mass is 32.2. The molecule has 8 heteroatoms. The number of hydrogen-bond donors (Lipinski definition) is 1. The number of rotatable bonds is 1. The largest absolute Gasteiger partial charge is 0.456 e. The lowest BCUT2D eigenvalue weighted by atomic mass is 9.97. The Morgan fingerprint density at radius 1 is 1.56 bits per heavy atom. The van der Waals surface area contributed by atoms with E-state index in [1.807, 2.05) is 0 Å². The summed E-state index contributed by atoms with van der Waals surface area (Å²) in [4.78, 5) is 21.6. The molecule has 100 valence electrons. The van der Waals surface area contributed by atoms with Crippen LogP contribution in [0.4, 0.5) is 13.2 Å². The van der Waals surface area contributed by atoms with Gasteiger partial charge >= 0.3 is 12.1 Å². The van der Waals surface area contributed by atoms with E-state index in [9.17, 15) is 22.8 Å². The molecule has 2 aliphatic rings. The van der Waals surface area contributed by atoms with Crippen LogP contribution in [0.2, 0.25) is 0 Å². The van der Waals surface area contributed by atoms with Gasteiger partial charge in [0.05, 0.1) is 4.91 Å². The standard InChI is InChI=1S/C10H10F3NO3S/c1-4(15)14-8-5-3-18-7(10(11,12)13)2-6(5)17-9(8)16/h2,5-6,8H,3H2,1H3,(H,14,15)/t5-,6+,8?/m1/s1. The lowest BCUT2D eigenvalue weighted by Crippen LogP contribution is -2.43. The summed E-state index contributed by atoms with van der Waals surface area (Å²) >= 11 is 0.632. The van der Waals surface area contributed by atoms with Crippen LogP contribution in [0, 0.1) is 5.92 Å². The summed E-state index contributed by atoms with van der Waals surface area (Å²) in [5.74, 6) is -1.45. The molecule has 0 spiro atoms. The van der Waals surface area contributed by atoms with Crippen molar-refractivity contribution in [2.75, 3.05) is 5.75 Å². The zero-order chi connectivity index (χ0) is 13.5. The maximum absolute atomic E-state index is 12.5. The van der Waals surface area contributed by atoms with Gasteiger partial charge in [-0.25, -0.2) is 4.79 Å². The topological polar surface area (TPSA) is 55.4 Å². The number of allylic oxidation sites excluding steroid dienone is 1. The van der Waals surface area contributed by atoms with E-state index in [0.717, 1.165) is 6.08 Å². The first-order valence-corrected chi connectivity index (χ1v) is 6.17. The Bertz CT molecular complexity index is 421. The van der Waals surface area contributed by atoms with Crippen LogP contribution in [0.3, 0.4) is 0 Å². The zero-order valence-corrected chi connectivity index (χ0v) is 10.1. The van der Waals surface area contributed by atoms with Gasteiger partial charge < -0.3 is 10.1 Å². The Kier molecular flexibility index (Phi) is 3.31. The summed E-state index contributed by atoms with van der Waals surface area (Å²) in [6.07, 6.45) is -4.42. The smallest absolute Gasteiger partial charge is 0.422 e. The number of carbonyl (C=O) groups excluding carboxylic acids is 2. The molecular formula is C10H10F3NO3S. The molecule has 2 heterocycles. The van der Waals surface area contributed by atoms with Gasteiger partial charge in [0, 0.05) is 18.6 Å². The highest BCUT2D eigenvalue weighted by Crippen LogP contribution is 2.43. The molecule has 0 radical (unpaired) electrons. The number of halogens is 3. The van der Waals surface area contributed by atoms with Crippen LogP contribution in [0.5, 0.6) is 0 Å². The maximum atomic E-state index is 12.5. The van der Waals surface area contributed by atoms with Gasteiger partial charge in [0.1, 0.15) is 12.1 Å². The molecule has 0 saturated carbocycles. The number of nitrogens with one attached hydrogen (secondary N) is 1. The number of thioether (sulfide) groups is 1. The summed E-state index contributed by atoms with van der Waals surface area (Å²) in [5, 5.41) is 2.41. The summed E-state index contributed by atoms with van der Waals surface area (Å²) in [7, 11) is 0. The van der Waals surface area contributed by atoms with E-state index in [4.69, 9.17) is 4.74 Å². The average Bonchev–Trinajstić information content (AvgIpc) is 2.53. The van der Waals surface area contributed by atoms with Crippen molar-refractivity contribution >= 4 is 23.6 Å². The van der Waals surface area contributed by atoms with Gasteiger partial charge in [-0.3, -0.25) is 4.79 Å². The fraction of sp³-hybridized carbons (Fsp3) is 0.600. The van der Waals surface area contributed by atoms with Crippen LogP contribution in [-0.4, -0.2) is 36.0 Å². The molecule has 2 rings (SSSR count). The van der Waals surface area contributed by atoms with Crippen molar-refractivity contribution < 1.29 is 27.5 Å². The molecular weight excluding hydrogens is 271 g/mol. The Balaban J connectivity index is 2.17. The van der Waals surface area contributed by atoms with Crippen LogP contribution in [0.25, 0.3) is 0 Å². The monoisotopic (exact) mass is 281 g/mol. The molecule has 1 fully saturated rings. The first-order chi connectivity index (χ1) is 8.29. The molecule has 3 atom stereocenters. The van der Waals surface area contributed by atoms with E-state index < -0.39 is 41.0 Å². The summed E-state index contributed by atoms with van der Waals surface area (Å²) in [5.41, 5.74) is 0. The van der Waals surface area contributed by atoms with E-state index >= 15 is 0 Å². The van der Waals surface area contributed by atoms with Gasteiger partial charge in [0.25, 0.3) is 0 Å². The number of carbonyl (C=O) groups is 2. The quantitative estimate of drug-likeness (QED) is 0.734. The third kappa shape index (κ3) is 2.47. The van der Waals surface area contributed by atoms with Crippen molar-refractivity contribution in [1.29, 1.82) is 0 Å². The minimum Gasteiger partial charge on any atom is -0.456 e. The third-order valence-electron chi connectivity index (χ3n) is 2.74. The van der Waals surface area contributed by atoms with Crippen LogP contribution in [-0.2, 0) is 14.3 Å². The Morgan fingerprint density at radius 3 is 2.78 bits per heavy atom. The zero-order valence-electron chi connectivity index (χ0n) is 9.28. The number of esters is 1.